The first-order valence-corrected chi connectivity index (χ1v) is 7.89. The summed E-state index contributed by atoms with van der Waals surface area (Å²) in [6.07, 6.45) is 4.98. The molecular weight excluding hydrogens is 278 g/mol. The first-order chi connectivity index (χ1) is 10.7. The molecule has 1 aliphatic carbocycles. The maximum Gasteiger partial charge on any atom is 0.226 e. The van der Waals surface area contributed by atoms with Crippen molar-refractivity contribution < 1.29 is 4.74 Å². The van der Waals surface area contributed by atoms with E-state index in [-0.39, 0.29) is 6.04 Å². The normalized spacial score (nSPS) is 20.8. The average Bonchev–Trinajstić information content (AvgIpc) is 3.32. The summed E-state index contributed by atoms with van der Waals surface area (Å²) in [6.45, 7) is 3.18. The molecule has 2 aliphatic rings. The fourth-order valence-corrected chi connectivity index (χ4v) is 3.45. The first-order valence-electron chi connectivity index (χ1n) is 7.89. The molecule has 1 atom stereocenters. The van der Waals surface area contributed by atoms with Gasteiger partial charge < -0.3 is 10.1 Å². The fourth-order valence-electron chi connectivity index (χ4n) is 3.45. The van der Waals surface area contributed by atoms with E-state index >= 15 is 0 Å². The number of nitrogens with zero attached hydrogens (tertiary/aromatic N) is 4. The van der Waals surface area contributed by atoms with Crippen molar-refractivity contribution in [3.05, 3.63) is 23.3 Å². The molecule has 1 unspecified atom stereocenters. The van der Waals surface area contributed by atoms with E-state index < -0.39 is 0 Å². The third-order valence-corrected chi connectivity index (χ3v) is 4.69. The Kier molecular flexibility index (Phi) is 3.14. The lowest BCUT2D eigenvalue weighted by Crippen LogP contribution is -2.28. The van der Waals surface area contributed by atoms with Gasteiger partial charge in [-0.15, -0.1) is 0 Å². The Labute approximate surface area is 129 Å². The summed E-state index contributed by atoms with van der Waals surface area (Å²) in [6, 6.07) is 0.282. The quantitative estimate of drug-likeness (QED) is 0.938. The molecule has 0 spiro atoms. The zero-order chi connectivity index (χ0) is 15.3. The van der Waals surface area contributed by atoms with Gasteiger partial charge in [0.2, 0.25) is 5.88 Å². The molecule has 4 rings (SSSR count). The average molecular weight is 299 g/mol. The van der Waals surface area contributed by atoms with E-state index in [0.29, 0.717) is 11.8 Å². The molecule has 0 bridgehead atoms. The SMILES string of the molecule is COc1ncnc(C2CC2)c1-c1nn(C)c2c1C(C)NCC2. The predicted molar refractivity (Wildman–Crippen MR) is 82.9 cm³/mol. The fraction of sp³-hybridized carbons (Fsp3) is 0.562. The van der Waals surface area contributed by atoms with Crippen LogP contribution in [0.1, 0.15) is 48.7 Å². The zero-order valence-corrected chi connectivity index (χ0v) is 13.3. The molecule has 116 valence electrons. The second-order valence-electron chi connectivity index (χ2n) is 6.18. The van der Waals surface area contributed by atoms with Crippen LogP contribution in [0.5, 0.6) is 5.88 Å². The van der Waals surface area contributed by atoms with Crippen molar-refractivity contribution in [3.63, 3.8) is 0 Å². The summed E-state index contributed by atoms with van der Waals surface area (Å²) < 4.78 is 7.54. The molecule has 1 saturated carbocycles. The second kappa shape index (κ2) is 5.05. The molecule has 1 aliphatic heterocycles. The van der Waals surface area contributed by atoms with Gasteiger partial charge in [-0.25, -0.2) is 9.97 Å². The number of methoxy groups -OCH3 is 1. The molecule has 0 saturated heterocycles. The number of fused-ring (bicyclic) bond motifs is 1. The Balaban J connectivity index is 1.96. The highest BCUT2D eigenvalue weighted by Crippen LogP contribution is 2.47. The van der Waals surface area contributed by atoms with E-state index in [0.717, 1.165) is 29.9 Å². The van der Waals surface area contributed by atoms with Gasteiger partial charge in [-0.05, 0) is 19.8 Å². The summed E-state index contributed by atoms with van der Waals surface area (Å²) in [5.74, 6) is 1.16. The molecule has 2 aromatic rings. The standard InChI is InChI=1S/C16H21N5O/c1-9-12-11(6-7-17-9)21(2)20-15(12)13-14(10-4-5-10)18-8-19-16(13)22-3/h8-10,17H,4-7H2,1-3H3. The molecular formula is C16H21N5O. The van der Waals surface area contributed by atoms with Gasteiger partial charge in [-0.3, -0.25) is 4.68 Å². The number of aryl methyl sites for hydroxylation is 1. The van der Waals surface area contributed by atoms with E-state index in [9.17, 15) is 0 Å². The van der Waals surface area contributed by atoms with Gasteiger partial charge in [-0.2, -0.15) is 5.10 Å². The highest BCUT2D eigenvalue weighted by molar-refractivity contribution is 5.73. The third-order valence-electron chi connectivity index (χ3n) is 4.69. The molecule has 3 heterocycles. The van der Waals surface area contributed by atoms with Gasteiger partial charge in [0.1, 0.15) is 12.0 Å². The lowest BCUT2D eigenvalue weighted by Gasteiger charge is -2.22. The zero-order valence-electron chi connectivity index (χ0n) is 13.3. The molecule has 1 fully saturated rings. The summed E-state index contributed by atoms with van der Waals surface area (Å²) in [7, 11) is 3.69. The lowest BCUT2D eigenvalue weighted by atomic mass is 9.95. The minimum absolute atomic E-state index is 0.282. The van der Waals surface area contributed by atoms with Crippen LogP contribution in [0.15, 0.2) is 6.33 Å². The van der Waals surface area contributed by atoms with Gasteiger partial charge in [0.15, 0.2) is 0 Å². The topological polar surface area (TPSA) is 64.9 Å². The Morgan fingerprint density at radius 2 is 2.14 bits per heavy atom. The van der Waals surface area contributed by atoms with E-state index in [4.69, 9.17) is 9.84 Å². The van der Waals surface area contributed by atoms with Crippen molar-refractivity contribution in [2.45, 2.75) is 38.1 Å². The monoisotopic (exact) mass is 299 g/mol. The van der Waals surface area contributed by atoms with Crippen LogP contribution in [0.3, 0.4) is 0 Å². The predicted octanol–water partition coefficient (Wildman–Crippen LogP) is 1.97. The van der Waals surface area contributed by atoms with Crippen LogP contribution in [0.2, 0.25) is 0 Å². The molecule has 2 aromatic heterocycles. The molecule has 1 N–H and O–H groups in total. The number of aromatic nitrogens is 4. The van der Waals surface area contributed by atoms with E-state index in [1.165, 1.54) is 24.1 Å². The van der Waals surface area contributed by atoms with Gasteiger partial charge >= 0.3 is 0 Å². The number of hydrogen-bond donors (Lipinski definition) is 1. The number of hydrogen-bond acceptors (Lipinski definition) is 5. The Morgan fingerprint density at radius 1 is 1.32 bits per heavy atom. The number of ether oxygens (including phenoxy) is 1. The van der Waals surface area contributed by atoms with Crippen molar-refractivity contribution in [2.75, 3.05) is 13.7 Å². The minimum atomic E-state index is 0.282. The second-order valence-corrected chi connectivity index (χ2v) is 6.18. The largest absolute Gasteiger partial charge is 0.480 e. The summed E-state index contributed by atoms with van der Waals surface area (Å²) in [5, 5.41) is 8.34. The summed E-state index contributed by atoms with van der Waals surface area (Å²) in [5.41, 5.74) is 5.62. The van der Waals surface area contributed by atoms with Crippen molar-refractivity contribution in [3.8, 4) is 17.1 Å². The molecule has 0 amide bonds. The van der Waals surface area contributed by atoms with E-state index in [1.54, 1.807) is 13.4 Å². The third kappa shape index (κ3) is 2.01. The van der Waals surface area contributed by atoms with Gasteiger partial charge in [0, 0.05) is 43.2 Å². The lowest BCUT2D eigenvalue weighted by molar-refractivity contribution is 0.397. The highest BCUT2D eigenvalue weighted by atomic mass is 16.5. The Bertz CT molecular complexity index is 720. The van der Waals surface area contributed by atoms with Crippen LogP contribution in [0.25, 0.3) is 11.3 Å². The van der Waals surface area contributed by atoms with Gasteiger partial charge in [0.05, 0.1) is 18.4 Å². The maximum atomic E-state index is 5.53. The first kappa shape index (κ1) is 13.7. The van der Waals surface area contributed by atoms with Crippen LogP contribution in [0.4, 0.5) is 0 Å². The van der Waals surface area contributed by atoms with E-state index in [2.05, 4.69) is 22.2 Å². The van der Waals surface area contributed by atoms with Crippen molar-refractivity contribution in [2.24, 2.45) is 7.05 Å². The van der Waals surface area contributed by atoms with E-state index in [1.807, 2.05) is 11.7 Å². The molecule has 0 aromatic carbocycles. The van der Waals surface area contributed by atoms with Gasteiger partial charge in [-0.1, -0.05) is 0 Å². The summed E-state index contributed by atoms with van der Waals surface area (Å²) >= 11 is 0. The smallest absolute Gasteiger partial charge is 0.226 e. The highest BCUT2D eigenvalue weighted by Gasteiger charge is 2.34. The van der Waals surface area contributed by atoms with Crippen molar-refractivity contribution in [1.29, 1.82) is 0 Å². The Hall–Kier alpha value is -1.95. The molecule has 22 heavy (non-hydrogen) atoms. The number of rotatable bonds is 3. The molecule has 6 nitrogen and oxygen atoms in total. The number of nitrogens with one attached hydrogen (secondary N) is 1. The van der Waals surface area contributed by atoms with Crippen LogP contribution < -0.4 is 10.1 Å². The van der Waals surface area contributed by atoms with Crippen molar-refractivity contribution >= 4 is 0 Å². The van der Waals surface area contributed by atoms with Crippen LogP contribution in [-0.4, -0.2) is 33.4 Å². The molecule has 0 radical (unpaired) electrons. The van der Waals surface area contributed by atoms with Crippen LogP contribution in [-0.2, 0) is 13.5 Å². The van der Waals surface area contributed by atoms with Crippen molar-refractivity contribution in [1.82, 2.24) is 25.1 Å². The molecule has 6 heteroatoms. The minimum Gasteiger partial charge on any atom is -0.480 e. The summed E-state index contributed by atoms with van der Waals surface area (Å²) in [4.78, 5) is 8.87. The maximum absolute atomic E-state index is 5.53. The van der Waals surface area contributed by atoms with Crippen LogP contribution >= 0.6 is 0 Å². The van der Waals surface area contributed by atoms with Gasteiger partial charge in [0.25, 0.3) is 0 Å². The Morgan fingerprint density at radius 3 is 2.86 bits per heavy atom. The van der Waals surface area contributed by atoms with Crippen LogP contribution in [0, 0.1) is 0 Å².